The summed E-state index contributed by atoms with van der Waals surface area (Å²) in [6.07, 6.45) is -0.165. The van der Waals surface area contributed by atoms with Crippen LogP contribution in [0.1, 0.15) is 6.04 Å². The largest absolute Gasteiger partial charge is 0.378 e. The van der Waals surface area contributed by atoms with E-state index in [1.807, 2.05) is 38.4 Å². The lowest BCUT2D eigenvalue weighted by atomic mass is 10.1. The fourth-order valence-corrected chi connectivity index (χ4v) is 3.23. The highest BCUT2D eigenvalue weighted by Crippen LogP contribution is 2.35. The van der Waals surface area contributed by atoms with Crippen LogP contribution in [0, 0.1) is 0 Å². The second-order valence-corrected chi connectivity index (χ2v) is 6.22. The van der Waals surface area contributed by atoms with Crippen molar-refractivity contribution < 1.29 is 9.47 Å². The number of benzene rings is 1. The highest BCUT2D eigenvalue weighted by atomic mass is 16.6. The number of hydrogen-bond donors (Lipinski definition) is 1. The van der Waals surface area contributed by atoms with Crippen molar-refractivity contribution in [3.63, 3.8) is 0 Å². The summed E-state index contributed by atoms with van der Waals surface area (Å²) in [6, 6.07) is 8.00. The van der Waals surface area contributed by atoms with Crippen LogP contribution in [0.15, 0.2) is 24.3 Å². The third-order valence-electron chi connectivity index (χ3n) is 4.51. The number of aromatic nitrogens is 4. The monoisotopic (exact) mass is 316 g/mol. The Hall–Kier alpha value is -2.03. The molecule has 8 nitrogen and oxygen atoms in total. The lowest BCUT2D eigenvalue weighted by Gasteiger charge is -2.17. The van der Waals surface area contributed by atoms with Crippen molar-refractivity contribution in [3.05, 3.63) is 24.3 Å². The molecule has 0 bridgehead atoms. The van der Waals surface area contributed by atoms with Gasteiger partial charge in [0, 0.05) is 25.3 Å². The lowest BCUT2D eigenvalue weighted by Crippen LogP contribution is -2.36. The van der Waals surface area contributed by atoms with Gasteiger partial charge in [0.15, 0.2) is 5.82 Å². The van der Waals surface area contributed by atoms with Crippen molar-refractivity contribution in [3.8, 4) is 11.4 Å². The average molecular weight is 316 g/mol. The Morgan fingerprint density at radius 1 is 1.13 bits per heavy atom. The maximum absolute atomic E-state index is 6.01. The average Bonchev–Trinajstić information content (AvgIpc) is 3.25. The smallest absolute Gasteiger partial charge is 0.182 e. The van der Waals surface area contributed by atoms with Gasteiger partial charge < -0.3 is 20.1 Å². The van der Waals surface area contributed by atoms with Gasteiger partial charge >= 0.3 is 0 Å². The summed E-state index contributed by atoms with van der Waals surface area (Å²) in [5, 5.41) is 12.2. The molecule has 0 unspecified atom stereocenters. The molecule has 2 fully saturated rings. The van der Waals surface area contributed by atoms with Crippen LogP contribution < -0.4 is 10.6 Å². The fraction of sp³-hybridized carbons (Fsp3) is 0.533. The van der Waals surface area contributed by atoms with Crippen LogP contribution in [0.4, 0.5) is 5.69 Å². The van der Waals surface area contributed by atoms with Crippen molar-refractivity contribution in [2.45, 2.75) is 24.3 Å². The summed E-state index contributed by atoms with van der Waals surface area (Å²) in [5.74, 6) is 0.716. The van der Waals surface area contributed by atoms with E-state index in [1.54, 1.807) is 4.68 Å². The van der Waals surface area contributed by atoms with Crippen LogP contribution in [-0.2, 0) is 9.47 Å². The van der Waals surface area contributed by atoms with E-state index in [1.165, 1.54) is 0 Å². The predicted octanol–water partition coefficient (Wildman–Crippen LogP) is 0.0721. The van der Waals surface area contributed by atoms with E-state index in [9.17, 15) is 0 Å². The molecule has 2 aromatic rings. The number of fused-ring (bicyclic) bond motifs is 1. The summed E-state index contributed by atoms with van der Waals surface area (Å²) in [5.41, 5.74) is 8.11. The maximum Gasteiger partial charge on any atom is 0.182 e. The molecule has 4 atom stereocenters. The number of anilines is 1. The summed E-state index contributed by atoms with van der Waals surface area (Å²) in [7, 11) is 4.02. The number of nitrogens with two attached hydrogens (primary N) is 1. The molecule has 0 spiro atoms. The second kappa shape index (κ2) is 5.55. The number of hydrogen-bond acceptors (Lipinski definition) is 7. The van der Waals surface area contributed by atoms with Crippen LogP contribution in [0.5, 0.6) is 0 Å². The standard InChI is InChI=1S/C15H20N6O2/c1-20(2)10-5-3-9(4-6-10)15-17-18-19-21(15)12-8-23-13-11(16)7-22-14(12)13/h3-6,11-14H,7-8,16H2,1-2H3/t11-,12+,13-,14+/m0/s1. The molecule has 1 aromatic heterocycles. The van der Waals surface area contributed by atoms with Crippen molar-refractivity contribution >= 4 is 5.69 Å². The summed E-state index contributed by atoms with van der Waals surface area (Å²) >= 11 is 0. The van der Waals surface area contributed by atoms with Crippen molar-refractivity contribution in [1.29, 1.82) is 0 Å². The Bertz CT molecular complexity index is 686. The lowest BCUT2D eigenvalue weighted by molar-refractivity contribution is 0.0629. The van der Waals surface area contributed by atoms with E-state index in [0.717, 1.165) is 11.3 Å². The van der Waals surface area contributed by atoms with Gasteiger partial charge in [-0.15, -0.1) is 5.10 Å². The SMILES string of the molecule is CN(C)c1ccc(-c2nnnn2[C@@H]2CO[C@@H]3[C@@H]2OC[C@@H]3N)cc1. The summed E-state index contributed by atoms with van der Waals surface area (Å²) < 4.78 is 13.4. The minimum Gasteiger partial charge on any atom is -0.378 e. The van der Waals surface area contributed by atoms with Crippen LogP contribution in [0.25, 0.3) is 11.4 Å². The third kappa shape index (κ3) is 2.39. The Balaban J connectivity index is 1.64. The van der Waals surface area contributed by atoms with Gasteiger partial charge in [-0.25, -0.2) is 4.68 Å². The van der Waals surface area contributed by atoms with Gasteiger partial charge in [0.25, 0.3) is 0 Å². The van der Waals surface area contributed by atoms with Gasteiger partial charge in [-0.2, -0.15) is 0 Å². The van der Waals surface area contributed by atoms with E-state index >= 15 is 0 Å². The van der Waals surface area contributed by atoms with Crippen molar-refractivity contribution in [2.24, 2.45) is 5.73 Å². The molecule has 4 rings (SSSR count). The normalized spacial score (nSPS) is 29.7. The first-order chi connectivity index (χ1) is 11.1. The molecule has 23 heavy (non-hydrogen) atoms. The molecule has 2 N–H and O–H groups in total. The number of ether oxygens (including phenoxy) is 2. The zero-order chi connectivity index (χ0) is 16.0. The molecule has 2 aliphatic heterocycles. The number of tetrazole rings is 1. The van der Waals surface area contributed by atoms with Gasteiger partial charge in [0.2, 0.25) is 0 Å². The molecule has 3 heterocycles. The molecule has 8 heteroatoms. The van der Waals surface area contributed by atoms with Gasteiger partial charge in [0.05, 0.1) is 19.3 Å². The topological polar surface area (TPSA) is 91.3 Å². The van der Waals surface area contributed by atoms with E-state index in [4.69, 9.17) is 15.2 Å². The minimum atomic E-state index is -0.0895. The summed E-state index contributed by atoms with van der Waals surface area (Å²) in [6.45, 7) is 1.03. The zero-order valence-electron chi connectivity index (χ0n) is 13.2. The Kier molecular flexibility index (Phi) is 3.51. The Morgan fingerprint density at radius 3 is 2.61 bits per heavy atom. The van der Waals surface area contributed by atoms with Crippen molar-refractivity contribution in [2.75, 3.05) is 32.2 Å². The van der Waals surface area contributed by atoms with Gasteiger partial charge in [0.1, 0.15) is 18.2 Å². The van der Waals surface area contributed by atoms with Gasteiger partial charge in [-0.3, -0.25) is 0 Å². The zero-order valence-corrected chi connectivity index (χ0v) is 13.2. The van der Waals surface area contributed by atoms with Crippen LogP contribution in [0.2, 0.25) is 0 Å². The van der Waals surface area contributed by atoms with Crippen LogP contribution >= 0.6 is 0 Å². The maximum atomic E-state index is 6.01. The number of nitrogens with zero attached hydrogens (tertiary/aromatic N) is 5. The van der Waals surface area contributed by atoms with E-state index in [-0.39, 0.29) is 24.3 Å². The predicted molar refractivity (Wildman–Crippen MR) is 84.1 cm³/mol. The van der Waals surface area contributed by atoms with Gasteiger partial charge in [-0.05, 0) is 34.7 Å². The molecular weight excluding hydrogens is 296 g/mol. The van der Waals surface area contributed by atoms with E-state index < -0.39 is 0 Å². The fourth-order valence-electron chi connectivity index (χ4n) is 3.23. The van der Waals surface area contributed by atoms with Crippen molar-refractivity contribution in [1.82, 2.24) is 20.2 Å². The Morgan fingerprint density at radius 2 is 1.87 bits per heavy atom. The number of rotatable bonds is 3. The molecule has 122 valence electrons. The summed E-state index contributed by atoms with van der Waals surface area (Å²) in [4.78, 5) is 2.05. The first-order valence-electron chi connectivity index (χ1n) is 7.69. The molecule has 2 saturated heterocycles. The molecular formula is C15H20N6O2. The van der Waals surface area contributed by atoms with Crippen LogP contribution in [0.3, 0.4) is 0 Å². The van der Waals surface area contributed by atoms with E-state index in [0.29, 0.717) is 19.0 Å². The molecule has 0 radical (unpaired) electrons. The first-order valence-corrected chi connectivity index (χ1v) is 7.69. The molecule has 0 amide bonds. The van der Waals surface area contributed by atoms with Crippen LogP contribution in [-0.4, -0.2) is 65.8 Å². The molecule has 0 aliphatic carbocycles. The third-order valence-corrected chi connectivity index (χ3v) is 4.51. The second-order valence-electron chi connectivity index (χ2n) is 6.22. The Labute approximate surface area is 134 Å². The highest BCUT2D eigenvalue weighted by Gasteiger charge is 2.48. The first kappa shape index (κ1) is 14.6. The molecule has 1 aromatic carbocycles. The minimum absolute atomic E-state index is 0.0490. The van der Waals surface area contributed by atoms with E-state index in [2.05, 4.69) is 20.4 Å². The molecule has 2 aliphatic rings. The molecule has 0 saturated carbocycles. The highest BCUT2D eigenvalue weighted by molar-refractivity contribution is 5.60. The quantitative estimate of drug-likeness (QED) is 0.857. The van der Waals surface area contributed by atoms with Gasteiger partial charge in [-0.1, -0.05) is 0 Å².